The molecule has 2 N–H and O–H groups in total. The van der Waals surface area contributed by atoms with Crippen LogP contribution in [0.15, 0.2) is 84.9 Å². The lowest BCUT2D eigenvalue weighted by Gasteiger charge is -2.22. The van der Waals surface area contributed by atoms with Gasteiger partial charge in [0.15, 0.2) is 0 Å². The molecule has 176 valence electrons. The molecule has 3 aromatic carbocycles. The molecular weight excluding hydrogens is 446 g/mol. The zero-order valence-electron chi connectivity index (χ0n) is 19.0. The van der Waals surface area contributed by atoms with Crippen LogP contribution in [0, 0.1) is 0 Å². The van der Waals surface area contributed by atoms with Gasteiger partial charge in [0, 0.05) is 0 Å². The van der Waals surface area contributed by atoms with Crippen LogP contribution in [0.25, 0.3) is 11.0 Å². The minimum absolute atomic E-state index is 0.140. The first-order chi connectivity index (χ1) is 17.0. The van der Waals surface area contributed by atoms with E-state index in [0.29, 0.717) is 22.7 Å². The normalized spacial score (nSPS) is 17.5. The van der Waals surface area contributed by atoms with Crippen LogP contribution in [-0.4, -0.2) is 32.4 Å². The van der Waals surface area contributed by atoms with Gasteiger partial charge in [0.2, 0.25) is 0 Å². The van der Waals surface area contributed by atoms with Crippen molar-refractivity contribution in [2.24, 2.45) is 0 Å². The summed E-state index contributed by atoms with van der Waals surface area (Å²) in [6, 6.07) is 24.9. The zero-order valence-corrected chi connectivity index (χ0v) is 19.0. The first-order valence-corrected chi connectivity index (χ1v) is 11.1. The predicted octanol–water partition coefficient (Wildman–Crippen LogP) is 3.11. The summed E-state index contributed by atoms with van der Waals surface area (Å²) in [7, 11) is 0. The maximum atomic E-state index is 13.1. The summed E-state index contributed by atoms with van der Waals surface area (Å²) in [5.41, 5.74) is 3.24. The Morgan fingerprint density at radius 2 is 1.63 bits per heavy atom. The first-order valence-electron chi connectivity index (χ1n) is 11.1. The molecule has 5 rings (SSSR count). The predicted molar refractivity (Wildman–Crippen MR) is 128 cm³/mol. The third-order valence-electron chi connectivity index (χ3n) is 5.92. The Kier molecular flexibility index (Phi) is 5.66. The summed E-state index contributed by atoms with van der Waals surface area (Å²) in [5, 5.41) is 3.40. The second-order valence-corrected chi connectivity index (χ2v) is 8.30. The minimum atomic E-state index is -1.28. The van der Waals surface area contributed by atoms with Crippen molar-refractivity contribution >= 4 is 28.9 Å². The Bertz CT molecular complexity index is 1400. The molecule has 9 nitrogen and oxygen atoms in total. The smallest absolute Gasteiger partial charge is 0.344 e. The number of benzene rings is 3. The van der Waals surface area contributed by atoms with E-state index in [9.17, 15) is 14.4 Å². The molecule has 4 aromatic rings. The van der Waals surface area contributed by atoms with Gasteiger partial charge in [-0.25, -0.2) is 9.78 Å². The highest BCUT2D eigenvalue weighted by Crippen LogP contribution is 2.27. The van der Waals surface area contributed by atoms with E-state index < -0.39 is 23.4 Å². The number of imide groups is 1. The Morgan fingerprint density at radius 3 is 2.37 bits per heavy atom. The van der Waals surface area contributed by atoms with Gasteiger partial charge in [-0.2, -0.15) is 5.01 Å². The number of hydrogen-bond donors (Lipinski definition) is 2. The summed E-state index contributed by atoms with van der Waals surface area (Å²) in [5.74, 6) is 0.103. The van der Waals surface area contributed by atoms with Crippen molar-refractivity contribution in [2.75, 3.05) is 0 Å². The molecule has 0 radical (unpaired) electrons. The summed E-state index contributed by atoms with van der Waals surface area (Å²) in [6.07, 6.45) is 0. The molecule has 9 heteroatoms. The molecule has 1 fully saturated rings. The molecule has 0 saturated carbocycles. The highest BCUT2D eigenvalue weighted by Gasteiger charge is 2.50. The van der Waals surface area contributed by atoms with Crippen LogP contribution >= 0.6 is 0 Å². The van der Waals surface area contributed by atoms with Gasteiger partial charge in [-0.3, -0.25) is 15.0 Å². The molecule has 1 aromatic heterocycles. The van der Waals surface area contributed by atoms with Crippen LogP contribution < -0.4 is 15.5 Å². The lowest BCUT2D eigenvalue weighted by molar-refractivity contribution is -0.139. The molecule has 1 saturated heterocycles. The fourth-order valence-corrected chi connectivity index (χ4v) is 4.09. The second-order valence-electron chi connectivity index (χ2n) is 8.30. The van der Waals surface area contributed by atoms with E-state index >= 15 is 0 Å². The number of nitrogens with zero attached hydrogens (tertiary/aromatic N) is 3. The fourth-order valence-electron chi connectivity index (χ4n) is 4.09. The topological polar surface area (TPSA) is 106 Å². The molecule has 0 unspecified atom stereocenters. The maximum absolute atomic E-state index is 13.1. The van der Waals surface area contributed by atoms with Crippen LogP contribution in [0.1, 0.15) is 18.3 Å². The number of hydrogen-bond acceptors (Lipinski definition) is 5. The molecule has 0 aliphatic carbocycles. The highest BCUT2D eigenvalue weighted by atomic mass is 16.5. The van der Waals surface area contributed by atoms with Gasteiger partial charge in [-0.05, 0) is 36.8 Å². The number of hydrazine groups is 1. The number of carbonyl (C=O) groups excluding carboxylic acids is 3. The molecular formula is C26H23N5O4. The van der Waals surface area contributed by atoms with Crippen molar-refractivity contribution in [3.05, 3.63) is 96.3 Å². The van der Waals surface area contributed by atoms with Gasteiger partial charge < -0.3 is 14.6 Å². The lowest BCUT2D eigenvalue weighted by atomic mass is 9.92. The first kappa shape index (κ1) is 22.1. The number of imidazole rings is 1. The highest BCUT2D eigenvalue weighted by molar-refractivity contribution is 6.08. The van der Waals surface area contributed by atoms with Crippen molar-refractivity contribution in [1.29, 1.82) is 0 Å². The Labute approximate surface area is 201 Å². The maximum Gasteiger partial charge on any atom is 0.344 e. The van der Waals surface area contributed by atoms with E-state index in [1.165, 1.54) is 0 Å². The van der Waals surface area contributed by atoms with Crippen LogP contribution in [0.2, 0.25) is 0 Å². The Hall–Kier alpha value is -4.66. The number of aromatic nitrogens is 2. The second kappa shape index (κ2) is 8.94. The van der Waals surface area contributed by atoms with Crippen LogP contribution in [0.3, 0.4) is 0 Å². The Balaban J connectivity index is 1.35. The van der Waals surface area contributed by atoms with Crippen molar-refractivity contribution in [3.63, 3.8) is 0 Å². The number of carbonyl (C=O) groups is 3. The third-order valence-corrected chi connectivity index (χ3v) is 5.92. The van der Waals surface area contributed by atoms with Gasteiger partial charge in [-0.15, -0.1) is 0 Å². The molecule has 1 aliphatic rings. The molecule has 1 atom stereocenters. The molecule has 2 heterocycles. The van der Waals surface area contributed by atoms with Crippen molar-refractivity contribution in [3.8, 4) is 5.75 Å². The van der Waals surface area contributed by atoms with Crippen molar-refractivity contribution < 1.29 is 19.1 Å². The minimum Gasteiger partial charge on any atom is -0.486 e. The quantitative estimate of drug-likeness (QED) is 0.405. The zero-order chi connectivity index (χ0) is 24.4. The van der Waals surface area contributed by atoms with E-state index in [1.54, 1.807) is 35.8 Å². The summed E-state index contributed by atoms with van der Waals surface area (Å²) >= 11 is 0. The van der Waals surface area contributed by atoms with Gasteiger partial charge in [-0.1, -0.05) is 60.7 Å². The molecule has 4 amide bonds. The van der Waals surface area contributed by atoms with E-state index in [4.69, 9.17) is 4.74 Å². The van der Waals surface area contributed by atoms with Gasteiger partial charge in [0.1, 0.15) is 30.3 Å². The number of rotatable bonds is 7. The summed E-state index contributed by atoms with van der Waals surface area (Å²) in [4.78, 5) is 43.3. The average Bonchev–Trinajstić information content (AvgIpc) is 3.33. The van der Waals surface area contributed by atoms with E-state index in [-0.39, 0.29) is 13.2 Å². The van der Waals surface area contributed by atoms with E-state index in [2.05, 4.69) is 15.7 Å². The number of ether oxygens (including phenoxy) is 1. The average molecular weight is 470 g/mol. The van der Waals surface area contributed by atoms with Crippen molar-refractivity contribution in [2.45, 2.75) is 25.6 Å². The van der Waals surface area contributed by atoms with E-state index in [0.717, 1.165) is 10.5 Å². The van der Waals surface area contributed by atoms with Crippen LogP contribution in [0.4, 0.5) is 4.79 Å². The largest absolute Gasteiger partial charge is 0.486 e. The van der Waals surface area contributed by atoms with Gasteiger partial charge in [0.05, 0.1) is 11.0 Å². The number of para-hydroxylation sites is 3. The standard InChI is InChI=1S/C26H23N5O4/c1-26(18-10-4-2-5-11-18)24(33)31(25(34)28-26)29-23(32)16-30-21-15-9-8-14-20(21)27-22(30)17-35-19-12-6-3-7-13-19/h2-15H,16-17H2,1H3,(H,28,34)(H,29,32)/t26-/m0/s1. The molecule has 0 spiro atoms. The van der Waals surface area contributed by atoms with Crippen LogP contribution in [-0.2, 0) is 28.3 Å². The van der Waals surface area contributed by atoms with E-state index in [1.807, 2.05) is 60.7 Å². The molecule has 35 heavy (non-hydrogen) atoms. The van der Waals surface area contributed by atoms with Gasteiger partial charge in [0.25, 0.3) is 11.8 Å². The Morgan fingerprint density at radius 1 is 0.971 bits per heavy atom. The SMILES string of the molecule is C[C@@]1(c2ccccc2)NC(=O)N(NC(=O)Cn2c(COc3ccccc3)nc3ccccc32)C1=O. The third kappa shape index (κ3) is 4.19. The molecule has 1 aliphatic heterocycles. The monoisotopic (exact) mass is 469 g/mol. The summed E-state index contributed by atoms with van der Waals surface area (Å²) in [6.45, 7) is 1.59. The lowest BCUT2D eigenvalue weighted by Crippen LogP contribution is -2.48. The number of amides is 4. The number of fused-ring (bicyclic) bond motifs is 1. The number of urea groups is 1. The number of nitrogens with one attached hydrogen (secondary N) is 2. The van der Waals surface area contributed by atoms with Crippen LogP contribution in [0.5, 0.6) is 5.75 Å². The fraction of sp³-hybridized carbons (Fsp3) is 0.154. The van der Waals surface area contributed by atoms with Gasteiger partial charge >= 0.3 is 6.03 Å². The summed E-state index contributed by atoms with van der Waals surface area (Å²) < 4.78 is 7.55. The van der Waals surface area contributed by atoms with Crippen molar-refractivity contribution in [1.82, 2.24) is 25.3 Å². The molecule has 0 bridgehead atoms.